The first-order chi connectivity index (χ1) is 12.5. The van der Waals surface area contributed by atoms with Crippen molar-refractivity contribution in [2.24, 2.45) is 10.8 Å². The predicted molar refractivity (Wildman–Crippen MR) is 114 cm³/mol. The molecule has 0 amide bonds. The Balaban J connectivity index is 0.000000159. The van der Waals surface area contributed by atoms with Gasteiger partial charge in [0.05, 0.1) is 0 Å². The van der Waals surface area contributed by atoms with E-state index in [1.54, 1.807) is 0 Å². The summed E-state index contributed by atoms with van der Waals surface area (Å²) in [6.45, 7) is 18.6. The maximum absolute atomic E-state index is 12.0. The van der Waals surface area contributed by atoms with Crippen molar-refractivity contribution >= 4 is 5.78 Å². The third-order valence-electron chi connectivity index (χ3n) is 7.91. The van der Waals surface area contributed by atoms with Gasteiger partial charge in [-0.05, 0) is 118 Å². The van der Waals surface area contributed by atoms with Gasteiger partial charge in [0.15, 0.2) is 0 Å². The largest absolute Gasteiger partial charge is 0.299 e. The maximum Gasteiger partial charge on any atom is 0.140 e. The van der Waals surface area contributed by atoms with Crippen LogP contribution in [0.4, 0.5) is 0 Å². The van der Waals surface area contributed by atoms with Gasteiger partial charge in [-0.25, -0.2) is 0 Å². The third kappa shape index (κ3) is 4.96. The molecule has 0 bridgehead atoms. The second-order valence-electron chi connectivity index (χ2n) is 11.9. The number of ketones is 1. The highest BCUT2D eigenvalue weighted by Crippen LogP contribution is 2.54. The molecule has 4 aliphatic rings. The molecule has 0 radical (unpaired) electrons. The second-order valence-corrected chi connectivity index (χ2v) is 11.9. The summed E-state index contributed by atoms with van der Waals surface area (Å²) in [5.74, 6) is 0.538. The van der Waals surface area contributed by atoms with Gasteiger partial charge in [0.1, 0.15) is 5.78 Å². The molecule has 3 nitrogen and oxygen atoms in total. The van der Waals surface area contributed by atoms with E-state index in [0.29, 0.717) is 11.3 Å². The molecule has 4 fully saturated rings. The van der Waals surface area contributed by atoms with Gasteiger partial charge in [-0.15, -0.1) is 0 Å². The van der Waals surface area contributed by atoms with Crippen LogP contribution in [-0.4, -0.2) is 52.8 Å². The lowest BCUT2D eigenvalue weighted by Gasteiger charge is -2.45. The Morgan fingerprint density at radius 1 is 0.704 bits per heavy atom. The summed E-state index contributed by atoms with van der Waals surface area (Å²) < 4.78 is 0. The molecule has 1 atom stereocenters. The first kappa shape index (κ1) is 21.3. The Kier molecular flexibility index (Phi) is 5.87. The molecule has 2 heterocycles. The van der Waals surface area contributed by atoms with Crippen molar-refractivity contribution in [3.05, 3.63) is 0 Å². The molecular weight excluding hydrogens is 332 g/mol. The zero-order valence-corrected chi connectivity index (χ0v) is 19.0. The minimum Gasteiger partial charge on any atom is -0.299 e. The lowest BCUT2D eigenvalue weighted by molar-refractivity contribution is -0.129. The molecule has 3 heteroatoms. The highest BCUT2D eigenvalue weighted by molar-refractivity contribution is 5.87. The second kappa shape index (κ2) is 7.44. The molecule has 27 heavy (non-hydrogen) atoms. The number of likely N-dealkylation sites (tertiary alicyclic amines) is 2. The molecule has 2 aliphatic carbocycles. The fourth-order valence-corrected chi connectivity index (χ4v) is 5.46. The van der Waals surface area contributed by atoms with Crippen molar-refractivity contribution in [3.63, 3.8) is 0 Å². The normalized spacial score (nSPS) is 31.9. The van der Waals surface area contributed by atoms with Crippen molar-refractivity contribution in [3.8, 4) is 0 Å². The van der Waals surface area contributed by atoms with E-state index in [1.165, 1.54) is 51.7 Å². The number of Topliss-reactive ketones (excluding diaryl/α,β-unsaturated/α-hetero) is 1. The first-order valence-corrected chi connectivity index (χ1v) is 11.5. The van der Waals surface area contributed by atoms with Gasteiger partial charge in [-0.3, -0.25) is 14.6 Å². The van der Waals surface area contributed by atoms with Crippen LogP contribution in [0.15, 0.2) is 0 Å². The van der Waals surface area contributed by atoms with E-state index < -0.39 is 0 Å². The Morgan fingerprint density at radius 2 is 1.26 bits per heavy atom. The van der Waals surface area contributed by atoms with Gasteiger partial charge in [0.25, 0.3) is 0 Å². The summed E-state index contributed by atoms with van der Waals surface area (Å²) in [6, 6.07) is 0. The predicted octanol–water partition coefficient (Wildman–Crippen LogP) is 5.28. The average molecular weight is 377 g/mol. The van der Waals surface area contributed by atoms with Crippen LogP contribution in [0.25, 0.3) is 0 Å². The van der Waals surface area contributed by atoms with Crippen molar-refractivity contribution in [2.45, 2.75) is 110 Å². The van der Waals surface area contributed by atoms with Crippen LogP contribution in [0.2, 0.25) is 0 Å². The summed E-state index contributed by atoms with van der Waals surface area (Å²) in [7, 11) is 0. The number of hydrogen-bond acceptors (Lipinski definition) is 3. The smallest absolute Gasteiger partial charge is 0.140 e. The summed E-state index contributed by atoms with van der Waals surface area (Å²) in [5.41, 5.74) is 1.50. The van der Waals surface area contributed by atoms with Gasteiger partial charge < -0.3 is 0 Å². The van der Waals surface area contributed by atoms with E-state index >= 15 is 0 Å². The van der Waals surface area contributed by atoms with E-state index in [0.717, 1.165) is 37.6 Å². The number of piperidine rings is 2. The zero-order chi connectivity index (χ0) is 19.9. The number of hydrogen-bond donors (Lipinski definition) is 0. The molecular formula is C24H44N2O. The molecule has 0 N–H and O–H groups in total. The fraction of sp³-hybridized carbons (Fsp3) is 0.958. The zero-order valence-electron chi connectivity index (χ0n) is 19.0. The molecule has 2 aliphatic heterocycles. The van der Waals surface area contributed by atoms with Gasteiger partial charge in [0.2, 0.25) is 0 Å². The molecule has 156 valence electrons. The molecule has 0 aromatic rings. The Morgan fingerprint density at radius 3 is 1.70 bits per heavy atom. The third-order valence-corrected chi connectivity index (χ3v) is 7.91. The summed E-state index contributed by atoms with van der Waals surface area (Å²) in [4.78, 5) is 17.1. The average Bonchev–Trinajstić information content (AvgIpc) is 3.24. The molecule has 2 saturated heterocycles. The van der Waals surface area contributed by atoms with Crippen molar-refractivity contribution in [1.29, 1.82) is 0 Å². The number of rotatable bonds is 0. The van der Waals surface area contributed by atoms with E-state index in [1.807, 2.05) is 0 Å². The van der Waals surface area contributed by atoms with Crippen LogP contribution in [0.5, 0.6) is 0 Å². The van der Waals surface area contributed by atoms with Gasteiger partial charge in [-0.1, -0.05) is 0 Å². The van der Waals surface area contributed by atoms with Crippen molar-refractivity contribution in [2.75, 3.05) is 26.2 Å². The van der Waals surface area contributed by atoms with Crippen LogP contribution in [0.3, 0.4) is 0 Å². The Labute approximate surface area is 168 Å². The first-order valence-electron chi connectivity index (χ1n) is 11.5. The topological polar surface area (TPSA) is 23.6 Å². The fourth-order valence-electron chi connectivity index (χ4n) is 5.46. The number of carbonyl (C=O) groups is 1. The molecule has 2 spiro atoms. The van der Waals surface area contributed by atoms with Crippen LogP contribution in [-0.2, 0) is 4.79 Å². The van der Waals surface area contributed by atoms with Gasteiger partial charge >= 0.3 is 0 Å². The SMILES string of the molecule is CC(C)(C)N1CCC2(CC1)CC2.CC(C)(C)N1CCCC2(CCCC2=O)C1. The van der Waals surface area contributed by atoms with Crippen LogP contribution < -0.4 is 0 Å². The minimum absolute atomic E-state index is 0.0472. The van der Waals surface area contributed by atoms with Gasteiger partial charge in [-0.2, -0.15) is 0 Å². The lowest BCUT2D eigenvalue weighted by Crippen LogP contribution is -2.52. The number of nitrogens with zero attached hydrogens (tertiary/aromatic N) is 2. The highest BCUT2D eigenvalue weighted by Gasteiger charge is 2.46. The minimum atomic E-state index is 0.0472. The molecule has 1 unspecified atom stereocenters. The van der Waals surface area contributed by atoms with E-state index in [2.05, 4.69) is 51.3 Å². The van der Waals surface area contributed by atoms with Crippen molar-refractivity contribution in [1.82, 2.24) is 9.80 Å². The summed E-state index contributed by atoms with van der Waals surface area (Å²) >= 11 is 0. The summed E-state index contributed by atoms with van der Waals surface area (Å²) in [5, 5.41) is 0. The van der Waals surface area contributed by atoms with Crippen LogP contribution in [0, 0.1) is 10.8 Å². The van der Waals surface area contributed by atoms with E-state index in [9.17, 15) is 4.79 Å². The summed E-state index contributed by atoms with van der Waals surface area (Å²) in [6.07, 6.45) is 11.4. The van der Waals surface area contributed by atoms with E-state index in [4.69, 9.17) is 0 Å². The molecule has 2 saturated carbocycles. The lowest BCUT2D eigenvalue weighted by atomic mass is 9.76. The van der Waals surface area contributed by atoms with Crippen molar-refractivity contribution < 1.29 is 4.79 Å². The monoisotopic (exact) mass is 376 g/mol. The Bertz CT molecular complexity index is 528. The maximum atomic E-state index is 12.0. The molecule has 0 aromatic carbocycles. The molecule has 4 rings (SSSR count). The highest BCUT2D eigenvalue weighted by atomic mass is 16.1. The number of carbonyl (C=O) groups excluding carboxylic acids is 1. The quantitative estimate of drug-likeness (QED) is 0.574. The van der Waals surface area contributed by atoms with Crippen LogP contribution in [0.1, 0.15) is 99.3 Å². The Hall–Kier alpha value is -0.410. The standard InChI is InChI=1S/C13H23NO.C11H21N/c1-12(2,3)14-9-5-8-13(10-14)7-4-6-11(13)15;1-10(2,3)12-8-6-11(4-5-11)7-9-12/h4-10H2,1-3H3;4-9H2,1-3H3. The molecule has 0 aromatic heterocycles. The van der Waals surface area contributed by atoms with Gasteiger partial charge in [0, 0.05) is 29.5 Å². The van der Waals surface area contributed by atoms with E-state index in [-0.39, 0.29) is 11.0 Å². The van der Waals surface area contributed by atoms with Crippen LogP contribution >= 0.6 is 0 Å².